The molecule has 2 nitrogen and oxygen atoms in total. The molecule has 2 unspecified atom stereocenters. The molecular weight excluding hydrogens is 227 g/mol. The fourth-order valence-electron chi connectivity index (χ4n) is 2.99. The van der Waals surface area contributed by atoms with Gasteiger partial charge in [-0.25, -0.2) is 4.39 Å². The van der Waals surface area contributed by atoms with Gasteiger partial charge in [0.1, 0.15) is 5.82 Å². The van der Waals surface area contributed by atoms with Gasteiger partial charge < -0.3 is 5.32 Å². The van der Waals surface area contributed by atoms with Gasteiger partial charge in [0.15, 0.2) is 0 Å². The highest BCUT2D eigenvalue weighted by molar-refractivity contribution is 5.20. The molecule has 1 heterocycles. The van der Waals surface area contributed by atoms with Crippen LogP contribution in [0.4, 0.5) is 4.39 Å². The molecule has 1 aromatic carbocycles. The van der Waals surface area contributed by atoms with Crippen molar-refractivity contribution in [2.75, 3.05) is 26.7 Å². The topological polar surface area (TPSA) is 15.3 Å². The molecular formula is C15H23FN2. The number of hydrogen-bond acceptors (Lipinski definition) is 2. The molecule has 100 valence electrons. The predicted octanol–water partition coefficient (Wildman–Crippen LogP) is 2.82. The quantitative estimate of drug-likeness (QED) is 0.864. The van der Waals surface area contributed by atoms with E-state index >= 15 is 0 Å². The third kappa shape index (κ3) is 3.09. The zero-order chi connectivity index (χ0) is 13.0. The Balaban J connectivity index is 2.03. The number of benzene rings is 1. The first-order valence-electron chi connectivity index (χ1n) is 6.88. The summed E-state index contributed by atoms with van der Waals surface area (Å²) in [5.74, 6) is 0.604. The van der Waals surface area contributed by atoms with E-state index in [1.54, 1.807) is 12.1 Å². The van der Waals surface area contributed by atoms with E-state index in [1.165, 1.54) is 12.0 Å². The summed E-state index contributed by atoms with van der Waals surface area (Å²) >= 11 is 0. The molecule has 0 spiro atoms. The molecule has 2 atom stereocenters. The zero-order valence-corrected chi connectivity index (χ0v) is 11.3. The molecule has 1 aliphatic rings. The molecule has 1 N–H and O–H groups in total. The van der Waals surface area contributed by atoms with Crippen LogP contribution in [0.1, 0.15) is 31.4 Å². The number of likely N-dealkylation sites (tertiary alicyclic amines) is 1. The fraction of sp³-hybridized carbons (Fsp3) is 0.600. The van der Waals surface area contributed by atoms with Gasteiger partial charge in [0.05, 0.1) is 0 Å². The summed E-state index contributed by atoms with van der Waals surface area (Å²) in [6, 6.07) is 7.43. The highest BCUT2D eigenvalue weighted by Crippen LogP contribution is 2.29. The molecule has 1 aromatic rings. The third-order valence-corrected chi connectivity index (χ3v) is 3.89. The van der Waals surface area contributed by atoms with E-state index in [4.69, 9.17) is 0 Å². The Bertz CT molecular complexity index is 363. The maximum atomic E-state index is 13.0. The minimum Gasteiger partial charge on any atom is -0.319 e. The predicted molar refractivity (Wildman–Crippen MR) is 73.0 cm³/mol. The molecule has 0 saturated carbocycles. The van der Waals surface area contributed by atoms with Gasteiger partial charge in [-0.2, -0.15) is 0 Å². The molecule has 0 amide bonds. The fourth-order valence-corrected chi connectivity index (χ4v) is 2.99. The second-order valence-corrected chi connectivity index (χ2v) is 5.18. The van der Waals surface area contributed by atoms with E-state index in [2.05, 4.69) is 17.1 Å². The minimum absolute atomic E-state index is 0.150. The average Bonchev–Trinajstić information content (AvgIpc) is 2.82. The van der Waals surface area contributed by atoms with Crippen molar-refractivity contribution in [1.82, 2.24) is 10.2 Å². The van der Waals surface area contributed by atoms with Crippen LogP contribution >= 0.6 is 0 Å². The first kappa shape index (κ1) is 13.5. The Hall–Kier alpha value is -0.930. The van der Waals surface area contributed by atoms with Gasteiger partial charge in [0.2, 0.25) is 0 Å². The molecule has 18 heavy (non-hydrogen) atoms. The highest BCUT2D eigenvalue weighted by Gasteiger charge is 2.27. The third-order valence-electron chi connectivity index (χ3n) is 3.89. The largest absolute Gasteiger partial charge is 0.319 e. The Labute approximate surface area is 109 Å². The summed E-state index contributed by atoms with van der Waals surface area (Å²) in [6.07, 6.45) is 2.34. The number of nitrogens with zero attached hydrogens (tertiary/aromatic N) is 1. The van der Waals surface area contributed by atoms with Crippen LogP contribution in [-0.4, -0.2) is 31.6 Å². The van der Waals surface area contributed by atoms with Gasteiger partial charge >= 0.3 is 0 Å². The second kappa shape index (κ2) is 6.30. The summed E-state index contributed by atoms with van der Waals surface area (Å²) < 4.78 is 13.0. The van der Waals surface area contributed by atoms with Crippen LogP contribution in [0, 0.1) is 11.7 Å². The lowest BCUT2D eigenvalue weighted by molar-refractivity contribution is 0.230. The van der Waals surface area contributed by atoms with Crippen molar-refractivity contribution in [3.05, 3.63) is 35.6 Å². The van der Waals surface area contributed by atoms with Gasteiger partial charge in [-0.15, -0.1) is 0 Å². The molecule has 1 aliphatic heterocycles. The van der Waals surface area contributed by atoms with Crippen molar-refractivity contribution >= 4 is 0 Å². The lowest BCUT2D eigenvalue weighted by Gasteiger charge is -2.27. The van der Waals surface area contributed by atoms with E-state index < -0.39 is 0 Å². The highest BCUT2D eigenvalue weighted by atomic mass is 19.1. The molecule has 1 fully saturated rings. The Morgan fingerprint density at radius 2 is 2.11 bits per heavy atom. The van der Waals surface area contributed by atoms with E-state index in [-0.39, 0.29) is 5.82 Å². The SMILES string of the molecule is CCC(c1ccc(F)cc1)N1CCC(CNC)C1. The van der Waals surface area contributed by atoms with Gasteiger partial charge in [-0.1, -0.05) is 19.1 Å². The van der Waals surface area contributed by atoms with Crippen LogP contribution in [0.3, 0.4) is 0 Å². The molecule has 0 aromatic heterocycles. The van der Waals surface area contributed by atoms with Crippen LogP contribution in [0.15, 0.2) is 24.3 Å². The smallest absolute Gasteiger partial charge is 0.123 e. The average molecular weight is 250 g/mol. The molecule has 0 radical (unpaired) electrons. The monoisotopic (exact) mass is 250 g/mol. The summed E-state index contributed by atoms with van der Waals surface area (Å²) in [5.41, 5.74) is 1.24. The first-order valence-corrected chi connectivity index (χ1v) is 6.88. The van der Waals surface area contributed by atoms with Crippen LogP contribution < -0.4 is 5.32 Å². The summed E-state index contributed by atoms with van der Waals surface area (Å²) in [4.78, 5) is 2.54. The van der Waals surface area contributed by atoms with Crippen molar-refractivity contribution < 1.29 is 4.39 Å². The van der Waals surface area contributed by atoms with Crippen LogP contribution in [0.25, 0.3) is 0 Å². The normalized spacial score (nSPS) is 22.3. The van der Waals surface area contributed by atoms with Crippen molar-refractivity contribution in [1.29, 1.82) is 0 Å². The Kier molecular flexibility index (Phi) is 4.72. The molecule has 1 saturated heterocycles. The molecule has 2 rings (SSSR count). The van der Waals surface area contributed by atoms with E-state index in [1.807, 2.05) is 19.2 Å². The first-order chi connectivity index (χ1) is 8.74. The number of nitrogens with one attached hydrogen (secondary N) is 1. The van der Waals surface area contributed by atoms with E-state index in [0.29, 0.717) is 6.04 Å². The number of rotatable bonds is 5. The van der Waals surface area contributed by atoms with Crippen molar-refractivity contribution in [3.8, 4) is 0 Å². The molecule has 0 aliphatic carbocycles. The van der Waals surface area contributed by atoms with Crippen molar-refractivity contribution in [2.45, 2.75) is 25.8 Å². The summed E-state index contributed by atoms with van der Waals surface area (Å²) in [6.45, 7) is 5.61. The minimum atomic E-state index is -0.150. The Morgan fingerprint density at radius 1 is 1.39 bits per heavy atom. The number of hydrogen-bond donors (Lipinski definition) is 1. The lowest BCUT2D eigenvalue weighted by atomic mass is 10.0. The standard InChI is InChI=1S/C15H23FN2/c1-3-15(13-4-6-14(16)7-5-13)18-9-8-12(11-18)10-17-2/h4-7,12,15,17H,3,8-11H2,1-2H3. The van der Waals surface area contributed by atoms with Crippen LogP contribution in [0.5, 0.6) is 0 Å². The summed E-state index contributed by atoms with van der Waals surface area (Å²) in [5, 5.41) is 3.26. The van der Waals surface area contributed by atoms with Crippen molar-refractivity contribution in [2.24, 2.45) is 5.92 Å². The number of halogens is 1. The van der Waals surface area contributed by atoms with Crippen LogP contribution in [-0.2, 0) is 0 Å². The lowest BCUT2D eigenvalue weighted by Crippen LogP contribution is -2.28. The van der Waals surface area contributed by atoms with E-state index in [9.17, 15) is 4.39 Å². The Morgan fingerprint density at radius 3 is 2.72 bits per heavy atom. The maximum Gasteiger partial charge on any atom is 0.123 e. The van der Waals surface area contributed by atoms with Gasteiger partial charge in [-0.05, 0) is 56.6 Å². The molecule has 0 bridgehead atoms. The molecule has 3 heteroatoms. The van der Waals surface area contributed by atoms with Gasteiger partial charge in [0.25, 0.3) is 0 Å². The second-order valence-electron chi connectivity index (χ2n) is 5.18. The van der Waals surface area contributed by atoms with Crippen LogP contribution in [0.2, 0.25) is 0 Å². The van der Waals surface area contributed by atoms with Gasteiger partial charge in [0, 0.05) is 12.6 Å². The maximum absolute atomic E-state index is 13.0. The van der Waals surface area contributed by atoms with Gasteiger partial charge in [-0.3, -0.25) is 4.90 Å². The van der Waals surface area contributed by atoms with E-state index in [0.717, 1.165) is 32.0 Å². The zero-order valence-electron chi connectivity index (χ0n) is 11.3. The van der Waals surface area contributed by atoms with Crippen molar-refractivity contribution in [3.63, 3.8) is 0 Å². The summed E-state index contributed by atoms with van der Waals surface area (Å²) in [7, 11) is 2.01.